The standard InChI is InChI=1S/C30H33F7N3O2PS/c1-4-43(41,5-2)19-11-12-24(26(16-19)42-30(35,36)37)38-14-7-10-27-21(17-29(32,33)34)20-8-6-9-25(28(20)44-27)39-23-13-15-40(3)18-22(23)31/h6,8-9,11-12,16,22-23,38-39H,4-5,13-15,17-18H2,1-3H3/t22-,23+/m0/s1. The molecular weight excluding hydrogens is 630 g/mol. The zero-order valence-electron chi connectivity index (χ0n) is 24.3. The second kappa shape index (κ2) is 13.6. The normalized spacial score (nSPS) is 18.1. The molecule has 2 atom stereocenters. The number of benzene rings is 2. The Morgan fingerprint density at radius 2 is 1.82 bits per heavy atom. The topological polar surface area (TPSA) is 53.6 Å². The maximum Gasteiger partial charge on any atom is 0.573 e. The Labute approximate surface area is 255 Å². The minimum absolute atomic E-state index is 0.0193. The first kappa shape index (κ1) is 33.9. The summed E-state index contributed by atoms with van der Waals surface area (Å²) in [5.41, 5.74) is 0.440. The van der Waals surface area contributed by atoms with Crippen LogP contribution in [0, 0.1) is 11.8 Å². The highest BCUT2D eigenvalue weighted by molar-refractivity contribution is 7.71. The summed E-state index contributed by atoms with van der Waals surface area (Å²) in [5.74, 6) is 4.89. The molecular formula is C30H33F7N3O2PS. The van der Waals surface area contributed by atoms with Crippen LogP contribution in [0.4, 0.5) is 42.1 Å². The van der Waals surface area contributed by atoms with Crippen molar-refractivity contribution in [1.29, 1.82) is 0 Å². The molecule has 2 N–H and O–H groups in total. The molecule has 0 amide bonds. The second-order valence-electron chi connectivity index (χ2n) is 10.6. The number of nitrogens with one attached hydrogen (secondary N) is 2. The summed E-state index contributed by atoms with van der Waals surface area (Å²) >= 11 is 1.05. The van der Waals surface area contributed by atoms with Crippen molar-refractivity contribution in [1.82, 2.24) is 4.90 Å². The van der Waals surface area contributed by atoms with E-state index in [0.717, 1.165) is 17.4 Å². The second-order valence-corrected chi connectivity index (χ2v) is 15.2. The van der Waals surface area contributed by atoms with E-state index < -0.39 is 44.1 Å². The van der Waals surface area contributed by atoms with Crippen LogP contribution in [0.1, 0.15) is 30.7 Å². The molecule has 0 bridgehead atoms. The number of nitrogens with zero attached hydrogens (tertiary/aromatic N) is 1. The van der Waals surface area contributed by atoms with E-state index in [2.05, 4.69) is 27.2 Å². The molecule has 1 aliphatic rings. The van der Waals surface area contributed by atoms with E-state index in [4.69, 9.17) is 0 Å². The number of anilines is 2. The van der Waals surface area contributed by atoms with Gasteiger partial charge in [-0.05, 0) is 48.7 Å². The van der Waals surface area contributed by atoms with Crippen molar-refractivity contribution in [2.24, 2.45) is 0 Å². The van der Waals surface area contributed by atoms with Crippen molar-refractivity contribution in [2.75, 3.05) is 49.6 Å². The van der Waals surface area contributed by atoms with Crippen molar-refractivity contribution in [3.63, 3.8) is 0 Å². The Balaban J connectivity index is 1.63. The molecule has 2 heterocycles. The highest BCUT2D eigenvalue weighted by Crippen LogP contribution is 2.45. The number of hydrogen-bond donors (Lipinski definition) is 2. The molecule has 3 aromatic rings. The van der Waals surface area contributed by atoms with Crippen molar-refractivity contribution >= 4 is 45.2 Å². The minimum atomic E-state index is -5.01. The SMILES string of the molecule is CCP(=O)(CC)c1ccc(NCC#Cc2sc3c(N[C@@H]4CCN(C)C[C@@H]4F)cccc3c2CC(F)(F)F)c(OC(F)(F)F)c1. The van der Waals surface area contributed by atoms with Crippen molar-refractivity contribution in [3.05, 3.63) is 46.8 Å². The number of piperidine rings is 1. The van der Waals surface area contributed by atoms with Crippen LogP contribution in [0.2, 0.25) is 0 Å². The third-order valence-electron chi connectivity index (χ3n) is 7.53. The zero-order valence-corrected chi connectivity index (χ0v) is 26.0. The molecule has 4 rings (SSSR count). The van der Waals surface area contributed by atoms with E-state index in [9.17, 15) is 35.3 Å². The molecule has 44 heavy (non-hydrogen) atoms. The van der Waals surface area contributed by atoms with Crippen LogP contribution >= 0.6 is 18.5 Å². The first-order valence-corrected chi connectivity index (χ1v) is 16.9. The van der Waals surface area contributed by atoms with Gasteiger partial charge >= 0.3 is 12.5 Å². The van der Waals surface area contributed by atoms with Crippen molar-refractivity contribution in [3.8, 4) is 17.6 Å². The number of fused-ring (bicyclic) bond motifs is 1. The van der Waals surface area contributed by atoms with Gasteiger partial charge in [0.1, 0.15) is 13.3 Å². The van der Waals surface area contributed by atoms with E-state index in [1.54, 1.807) is 32.0 Å². The largest absolute Gasteiger partial charge is 0.573 e. The smallest absolute Gasteiger partial charge is 0.404 e. The van der Waals surface area contributed by atoms with E-state index in [0.29, 0.717) is 28.7 Å². The van der Waals surface area contributed by atoms with Crippen LogP contribution in [0.3, 0.4) is 0 Å². The van der Waals surface area contributed by atoms with E-state index >= 15 is 0 Å². The number of halogens is 7. The van der Waals surface area contributed by atoms with Crippen molar-refractivity contribution < 1.29 is 40.0 Å². The van der Waals surface area contributed by atoms with E-state index in [1.807, 2.05) is 11.9 Å². The number of likely N-dealkylation sites (tertiary alicyclic amines) is 1. The monoisotopic (exact) mass is 663 g/mol. The van der Waals surface area contributed by atoms with Crippen LogP contribution in [-0.4, -0.2) is 68.7 Å². The summed E-state index contributed by atoms with van der Waals surface area (Å²) < 4.78 is 113. The van der Waals surface area contributed by atoms with Gasteiger partial charge in [-0.1, -0.05) is 37.8 Å². The van der Waals surface area contributed by atoms with Gasteiger partial charge in [0, 0.05) is 30.7 Å². The summed E-state index contributed by atoms with van der Waals surface area (Å²) in [4.78, 5) is 2.03. The molecule has 1 aromatic heterocycles. The molecule has 0 spiro atoms. The Kier molecular flexibility index (Phi) is 10.5. The van der Waals surface area contributed by atoms with Gasteiger partial charge in [0.05, 0.1) is 40.0 Å². The zero-order chi connectivity index (χ0) is 32.3. The molecule has 1 fully saturated rings. The van der Waals surface area contributed by atoms with Crippen LogP contribution in [-0.2, 0) is 11.0 Å². The van der Waals surface area contributed by atoms with Gasteiger partial charge in [-0.15, -0.1) is 24.5 Å². The lowest BCUT2D eigenvalue weighted by Crippen LogP contribution is -2.46. The molecule has 0 unspecified atom stereocenters. The summed E-state index contributed by atoms with van der Waals surface area (Å²) in [6.45, 7) is 4.11. The lowest BCUT2D eigenvalue weighted by atomic mass is 10.0. The number of alkyl halides is 7. The van der Waals surface area contributed by atoms with E-state index in [1.165, 1.54) is 12.1 Å². The highest BCUT2D eigenvalue weighted by Gasteiger charge is 2.34. The summed E-state index contributed by atoms with van der Waals surface area (Å²) in [7, 11) is -1.08. The lowest BCUT2D eigenvalue weighted by molar-refractivity contribution is -0.274. The van der Waals surface area contributed by atoms with Crippen LogP contribution < -0.4 is 20.7 Å². The highest BCUT2D eigenvalue weighted by atomic mass is 32.1. The maximum absolute atomic E-state index is 14.7. The number of thiophene rings is 1. The third-order valence-corrected chi connectivity index (χ3v) is 12.0. The van der Waals surface area contributed by atoms with Gasteiger partial charge < -0.3 is 24.8 Å². The van der Waals surface area contributed by atoms with Gasteiger partial charge in [-0.25, -0.2) is 4.39 Å². The fraction of sp³-hybridized carbons (Fsp3) is 0.467. The van der Waals surface area contributed by atoms with Crippen LogP contribution in [0.25, 0.3) is 10.1 Å². The molecule has 240 valence electrons. The van der Waals surface area contributed by atoms with Gasteiger partial charge in [0.15, 0.2) is 5.75 Å². The first-order chi connectivity index (χ1) is 20.6. The Bertz CT molecular complexity index is 1570. The predicted molar refractivity (Wildman–Crippen MR) is 163 cm³/mol. The van der Waals surface area contributed by atoms with Crippen LogP contribution in [0.5, 0.6) is 5.75 Å². The molecule has 1 saturated heterocycles. The quantitative estimate of drug-likeness (QED) is 0.139. The molecule has 14 heteroatoms. The average molecular weight is 664 g/mol. The van der Waals surface area contributed by atoms with Crippen LogP contribution in [0.15, 0.2) is 36.4 Å². The summed E-state index contributed by atoms with van der Waals surface area (Å²) in [6, 6.07) is 8.28. The molecule has 0 radical (unpaired) electrons. The number of ether oxygens (including phenoxy) is 1. The Morgan fingerprint density at radius 3 is 2.45 bits per heavy atom. The Hall–Kier alpha value is -2.94. The fourth-order valence-electron chi connectivity index (χ4n) is 5.15. The average Bonchev–Trinajstić information content (AvgIpc) is 3.28. The predicted octanol–water partition coefficient (Wildman–Crippen LogP) is 7.85. The third kappa shape index (κ3) is 8.40. The van der Waals surface area contributed by atoms with Gasteiger partial charge in [0.25, 0.3) is 0 Å². The fourth-order valence-corrected chi connectivity index (χ4v) is 8.20. The molecule has 1 aliphatic heterocycles. The minimum Gasteiger partial charge on any atom is -0.404 e. The molecule has 0 aliphatic carbocycles. The number of rotatable bonds is 9. The molecule has 0 saturated carbocycles. The van der Waals surface area contributed by atoms with Gasteiger partial charge in [-0.2, -0.15) is 13.2 Å². The molecule has 5 nitrogen and oxygen atoms in total. The van der Waals surface area contributed by atoms with Gasteiger partial charge in [0.2, 0.25) is 0 Å². The maximum atomic E-state index is 14.7. The Morgan fingerprint density at radius 1 is 1.09 bits per heavy atom. The summed E-state index contributed by atoms with van der Waals surface area (Å²) in [5, 5.41) is 6.51. The first-order valence-electron chi connectivity index (χ1n) is 14.0. The lowest BCUT2D eigenvalue weighted by Gasteiger charge is -2.33. The van der Waals surface area contributed by atoms with E-state index in [-0.39, 0.29) is 46.8 Å². The summed E-state index contributed by atoms with van der Waals surface area (Å²) in [6.07, 6.45) is -10.8. The van der Waals surface area contributed by atoms with Gasteiger partial charge in [-0.3, -0.25) is 0 Å². The molecule has 2 aromatic carbocycles. The number of hydrogen-bond acceptors (Lipinski definition) is 6. The van der Waals surface area contributed by atoms with Crippen molar-refractivity contribution in [2.45, 2.75) is 51.4 Å².